The Bertz CT molecular complexity index is 548. The third-order valence-corrected chi connectivity index (χ3v) is 3.12. The van der Waals surface area contributed by atoms with Crippen LogP contribution >= 0.6 is 0 Å². The number of nitrogens with zero attached hydrogens (tertiary/aromatic N) is 3. The first kappa shape index (κ1) is 12.7. The molecule has 0 aliphatic heterocycles. The quantitative estimate of drug-likeness (QED) is 0.887. The second-order valence-corrected chi connectivity index (χ2v) is 4.25. The van der Waals surface area contributed by atoms with E-state index in [0.717, 1.165) is 17.1 Å². The third-order valence-electron chi connectivity index (χ3n) is 3.12. The van der Waals surface area contributed by atoms with Crippen molar-refractivity contribution in [3.63, 3.8) is 0 Å². The molecule has 0 amide bonds. The van der Waals surface area contributed by atoms with E-state index in [-0.39, 0.29) is 0 Å². The van der Waals surface area contributed by atoms with Crippen LogP contribution in [-0.4, -0.2) is 22.1 Å². The van der Waals surface area contributed by atoms with Crippen LogP contribution in [0.3, 0.4) is 0 Å². The van der Waals surface area contributed by atoms with Gasteiger partial charge in [0.25, 0.3) is 0 Å². The third kappa shape index (κ3) is 2.14. The molecule has 2 rings (SSSR count). The first-order valence-corrected chi connectivity index (χ1v) is 5.88. The molecule has 0 saturated carbocycles. The highest BCUT2D eigenvalue weighted by molar-refractivity contribution is 5.45. The number of benzene rings is 1. The predicted octanol–water partition coefficient (Wildman–Crippen LogP) is 1.49. The molecule has 1 aromatic heterocycles. The smallest absolute Gasteiger partial charge is 0.102 e. The standard InChI is InChI=1S/C13H18N4O/c1-9-5-4-6-12(10(9)2)17-13(8-18-3)11(7-14)15-16-17/h4-6H,7-8,14H2,1-3H3. The number of hydrogen-bond acceptors (Lipinski definition) is 4. The number of methoxy groups -OCH3 is 1. The number of ether oxygens (including phenoxy) is 1. The van der Waals surface area contributed by atoms with Crippen molar-refractivity contribution in [1.82, 2.24) is 15.0 Å². The highest BCUT2D eigenvalue weighted by atomic mass is 16.5. The molecule has 2 N–H and O–H groups in total. The highest BCUT2D eigenvalue weighted by Gasteiger charge is 2.14. The molecule has 1 aromatic carbocycles. The van der Waals surface area contributed by atoms with Crippen molar-refractivity contribution in [1.29, 1.82) is 0 Å². The van der Waals surface area contributed by atoms with Crippen molar-refractivity contribution < 1.29 is 4.74 Å². The van der Waals surface area contributed by atoms with Gasteiger partial charge >= 0.3 is 0 Å². The molecule has 0 aliphatic carbocycles. The normalized spacial score (nSPS) is 10.9. The molecule has 0 bridgehead atoms. The Hall–Kier alpha value is -1.72. The average Bonchev–Trinajstić information content (AvgIpc) is 2.76. The average molecular weight is 246 g/mol. The largest absolute Gasteiger partial charge is 0.378 e. The van der Waals surface area contributed by atoms with Crippen molar-refractivity contribution >= 4 is 0 Å². The first-order chi connectivity index (χ1) is 8.69. The van der Waals surface area contributed by atoms with Gasteiger partial charge in [0.1, 0.15) is 5.69 Å². The molecule has 0 spiro atoms. The van der Waals surface area contributed by atoms with E-state index in [0.29, 0.717) is 13.2 Å². The Balaban J connectivity index is 2.56. The summed E-state index contributed by atoms with van der Waals surface area (Å²) >= 11 is 0. The summed E-state index contributed by atoms with van der Waals surface area (Å²) in [5.41, 5.74) is 10.8. The molecule has 0 atom stereocenters. The van der Waals surface area contributed by atoms with Gasteiger partial charge in [0.2, 0.25) is 0 Å². The number of rotatable bonds is 4. The molecular weight excluding hydrogens is 228 g/mol. The van der Waals surface area contributed by atoms with Crippen LogP contribution in [0.2, 0.25) is 0 Å². The Morgan fingerprint density at radius 2 is 2.11 bits per heavy atom. The molecule has 5 nitrogen and oxygen atoms in total. The Morgan fingerprint density at radius 1 is 1.33 bits per heavy atom. The number of aromatic nitrogens is 3. The number of nitrogens with two attached hydrogens (primary N) is 1. The SMILES string of the molecule is COCc1c(CN)nnn1-c1cccc(C)c1C. The molecule has 0 aliphatic rings. The van der Waals surface area contributed by atoms with Gasteiger partial charge in [-0.05, 0) is 31.0 Å². The summed E-state index contributed by atoms with van der Waals surface area (Å²) in [6.07, 6.45) is 0. The Morgan fingerprint density at radius 3 is 2.78 bits per heavy atom. The van der Waals surface area contributed by atoms with Crippen LogP contribution in [-0.2, 0) is 17.9 Å². The van der Waals surface area contributed by atoms with E-state index in [1.807, 2.05) is 16.8 Å². The minimum atomic E-state index is 0.365. The second kappa shape index (κ2) is 5.29. The summed E-state index contributed by atoms with van der Waals surface area (Å²) in [7, 11) is 1.65. The maximum Gasteiger partial charge on any atom is 0.102 e. The summed E-state index contributed by atoms with van der Waals surface area (Å²) in [6.45, 7) is 4.97. The topological polar surface area (TPSA) is 66.0 Å². The second-order valence-electron chi connectivity index (χ2n) is 4.25. The fourth-order valence-corrected chi connectivity index (χ4v) is 1.93. The molecule has 0 unspecified atom stereocenters. The molecular formula is C13H18N4O. The Kier molecular flexibility index (Phi) is 3.74. The van der Waals surface area contributed by atoms with Gasteiger partial charge in [0.05, 0.1) is 18.0 Å². The van der Waals surface area contributed by atoms with Crippen molar-refractivity contribution in [2.45, 2.75) is 27.0 Å². The summed E-state index contributed by atoms with van der Waals surface area (Å²) in [4.78, 5) is 0. The molecule has 5 heteroatoms. The van der Waals surface area contributed by atoms with Crippen LogP contribution in [0, 0.1) is 13.8 Å². The maximum atomic E-state index is 5.67. The van der Waals surface area contributed by atoms with Gasteiger partial charge < -0.3 is 10.5 Å². The van der Waals surface area contributed by atoms with E-state index >= 15 is 0 Å². The van der Waals surface area contributed by atoms with E-state index in [4.69, 9.17) is 10.5 Å². The summed E-state index contributed by atoms with van der Waals surface area (Å²) < 4.78 is 7.02. The monoisotopic (exact) mass is 246 g/mol. The van der Waals surface area contributed by atoms with Crippen LogP contribution in [0.1, 0.15) is 22.5 Å². The lowest BCUT2D eigenvalue weighted by molar-refractivity contribution is 0.178. The van der Waals surface area contributed by atoms with Crippen molar-refractivity contribution in [3.05, 3.63) is 40.7 Å². The minimum Gasteiger partial charge on any atom is -0.378 e. The maximum absolute atomic E-state index is 5.67. The minimum absolute atomic E-state index is 0.365. The van der Waals surface area contributed by atoms with Crippen LogP contribution in [0.4, 0.5) is 0 Å². The summed E-state index contributed by atoms with van der Waals surface area (Å²) in [6, 6.07) is 6.12. The predicted molar refractivity (Wildman–Crippen MR) is 69.4 cm³/mol. The van der Waals surface area contributed by atoms with Crippen LogP contribution in [0.15, 0.2) is 18.2 Å². The van der Waals surface area contributed by atoms with Gasteiger partial charge in [0.15, 0.2) is 0 Å². The number of hydrogen-bond donors (Lipinski definition) is 1. The van der Waals surface area contributed by atoms with Crippen LogP contribution in [0.25, 0.3) is 5.69 Å². The number of aryl methyl sites for hydroxylation is 1. The summed E-state index contributed by atoms with van der Waals surface area (Å²) in [5.74, 6) is 0. The Labute approximate surface area is 107 Å². The molecule has 96 valence electrons. The van der Waals surface area contributed by atoms with E-state index in [1.165, 1.54) is 11.1 Å². The van der Waals surface area contributed by atoms with Crippen molar-refractivity contribution in [3.8, 4) is 5.69 Å². The van der Waals surface area contributed by atoms with Crippen molar-refractivity contribution in [2.24, 2.45) is 5.73 Å². The molecule has 0 radical (unpaired) electrons. The zero-order valence-electron chi connectivity index (χ0n) is 11.0. The lowest BCUT2D eigenvalue weighted by Crippen LogP contribution is -2.08. The van der Waals surface area contributed by atoms with Crippen LogP contribution < -0.4 is 5.73 Å². The first-order valence-electron chi connectivity index (χ1n) is 5.88. The van der Waals surface area contributed by atoms with Gasteiger partial charge in [-0.15, -0.1) is 5.10 Å². The lowest BCUT2D eigenvalue weighted by atomic mass is 10.1. The zero-order chi connectivity index (χ0) is 13.1. The van der Waals surface area contributed by atoms with Gasteiger partial charge in [-0.1, -0.05) is 17.3 Å². The molecule has 2 aromatic rings. The summed E-state index contributed by atoms with van der Waals surface area (Å²) in [5, 5.41) is 8.29. The van der Waals surface area contributed by atoms with Gasteiger partial charge in [-0.3, -0.25) is 0 Å². The molecule has 0 fully saturated rings. The van der Waals surface area contributed by atoms with Crippen LogP contribution in [0.5, 0.6) is 0 Å². The van der Waals surface area contributed by atoms with Gasteiger partial charge in [-0.2, -0.15) is 0 Å². The zero-order valence-corrected chi connectivity index (χ0v) is 11.0. The van der Waals surface area contributed by atoms with E-state index in [2.05, 4.69) is 30.2 Å². The molecule has 0 saturated heterocycles. The molecule has 18 heavy (non-hydrogen) atoms. The van der Waals surface area contributed by atoms with Crippen molar-refractivity contribution in [2.75, 3.05) is 7.11 Å². The fourth-order valence-electron chi connectivity index (χ4n) is 1.93. The van der Waals surface area contributed by atoms with E-state index < -0.39 is 0 Å². The van der Waals surface area contributed by atoms with Gasteiger partial charge in [0, 0.05) is 13.7 Å². The highest BCUT2D eigenvalue weighted by Crippen LogP contribution is 2.19. The van der Waals surface area contributed by atoms with E-state index in [1.54, 1.807) is 7.11 Å². The molecule has 1 heterocycles. The van der Waals surface area contributed by atoms with Gasteiger partial charge in [-0.25, -0.2) is 4.68 Å². The van der Waals surface area contributed by atoms with E-state index in [9.17, 15) is 0 Å². The fraction of sp³-hybridized carbons (Fsp3) is 0.385. The lowest BCUT2D eigenvalue weighted by Gasteiger charge is -2.11.